The summed E-state index contributed by atoms with van der Waals surface area (Å²) in [5.41, 5.74) is 1.51. The zero-order chi connectivity index (χ0) is 12.1. The molecular weight excluding hydrogens is 220 g/mol. The topological polar surface area (TPSA) is 71.4 Å². The first kappa shape index (κ1) is 12.3. The van der Waals surface area contributed by atoms with E-state index in [2.05, 4.69) is 11.5 Å². The number of nitrogens with zero attached hydrogens (tertiary/aromatic N) is 1. The average molecular weight is 238 g/mol. The van der Waals surface area contributed by atoms with Crippen molar-refractivity contribution in [3.63, 3.8) is 0 Å². The third-order valence-electron chi connectivity index (χ3n) is 3.62. The minimum atomic E-state index is -0.961. The van der Waals surface area contributed by atoms with Gasteiger partial charge in [0.2, 0.25) is 0 Å². The van der Waals surface area contributed by atoms with Crippen LogP contribution in [0, 0.1) is 16.7 Å². The fraction of sp³-hybridized carbons (Fsp3) is 0.833. The van der Waals surface area contributed by atoms with Gasteiger partial charge in [0, 0.05) is 13.2 Å². The van der Waals surface area contributed by atoms with Crippen LogP contribution in [0.25, 0.3) is 0 Å². The Hall–Kier alpha value is -1.12. The molecule has 1 N–H and O–H groups in total. The maximum absolute atomic E-state index is 12.0. The first-order valence-electron chi connectivity index (χ1n) is 6.22. The van der Waals surface area contributed by atoms with Crippen LogP contribution in [-0.4, -0.2) is 25.2 Å². The lowest BCUT2D eigenvalue weighted by Crippen LogP contribution is -2.44. The van der Waals surface area contributed by atoms with Crippen LogP contribution in [0.1, 0.15) is 38.5 Å². The van der Waals surface area contributed by atoms with Crippen LogP contribution in [0.3, 0.4) is 0 Å². The molecule has 94 valence electrons. The van der Waals surface area contributed by atoms with Crippen LogP contribution < -0.4 is 5.48 Å². The number of carbonyl (C=O) groups is 1. The van der Waals surface area contributed by atoms with E-state index in [1.807, 2.05) is 0 Å². The van der Waals surface area contributed by atoms with Crippen LogP contribution in [0.2, 0.25) is 0 Å². The summed E-state index contributed by atoms with van der Waals surface area (Å²) in [6.07, 6.45) is 5.29. The Bertz CT molecular complexity index is 312. The molecule has 1 aliphatic heterocycles. The lowest BCUT2D eigenvalue weighted by atomic mass is 9.81. The molecule has 0 aromatic rings. The molecule has 0 atom stereocenters. The van der Waals surface area contributed by atoms with Gasteiger partial charge in [-0.1, -0.05) is 12.8 Å². The molecule has 2 rings (SSSR count). The molecule has 1 amide bonds. The first-order valence-corrected chi connectivity index (χ1v) is 6.22. The molecule has 0 spiro atoms. The SMILES string of the molecule is N#CC1(C(=O)NOC2CCCC2)CCOCC1. The van der Waals surface area contributed by atoms with E-state index in [1.54, 1.807) is 0 Å². The van der Waals surface area contributed by atoms with Crippen molar-refractivity contribution in [1.82, 2.24) is 5.48 Å². The number of nitrogens with one attached hydrogen (secondary N) is 1. The number of hydrogen-bond donors (Lipinski definition) is 1. The predicted molar refractivity (Wildman–Crippen MR) is 59.6 cm³/mol. The standard InChI is InChI=1S/C12H18N2O3/c13-9-12(5-7-16-8-6-12)11(15)14-17-10-3-1-2-4-10/h10H,1-8H2,(H,14,15). The summed E-state index contributed by atoms with van der Waals surface area (Å²) in [7, 11) is 0. The Morgan fingerprint density at radius 2 is 2.00 bits per heavy atom. The van der Waals surface area contributed by atoms with Gasteiger partial charge < -0.3 is 4.74 Å². The number of rotatable bonds is 3. The van der Waals surface area contributed by atoms with Gasteiger partial charge in [0.25, 0.3) is 5.91 Å². The third kappa shape index (κ3) is 2.76. The molecule has 1 saturated heterocycles. The van der Waals surface area contributed by atoms with Crippen LogP contribution in [-0.2, 0) is 14.4 Å². The first-order chi connectivity index (χ1) is 8.27. The van der Waals surface area contributed by atoms with Crippen molar-refractivity contribution in [2.75, 3.05) is 13.2 Å². The molecule has 17 heavy (non-hydrogen) atoms. The van der Waals surface area contributed by atoms with E-state index < -0.39 is 5.41 Å². The van der Waals surface area contributed by atoms with Crippen molar-refractivity contribution in [3.05, 3.63) is 0 Å². The molecule has 0 aromatic carbocycles. The van der Waals surface area contributed by atoms with Gasteiger partial charge >= 0.3 is 0 Å². The molecule has 2 fully saturated rings. The minimum absolute atomic E-state index is 0.120. The van der Waals surface area contributed by atoms with Crippen LogP contribution in [0.5, 0.6) is 0 Å². The summed E-state index contributed by atoms with van der Waals surface area (Å²) >= 11 is 0. The molecule has 0 unspecified atom stereocenters. The van der Waals surface area contributed by atoms with E-state index in [0.29, 0.717) is 26.1 Å². The fourth-order valence-electron chi connectivity index (χ4n) is 2.35. The van der Waals surface area contributed by atoms with Crippen LogP contribution >= 0.6 is 0 Å². The normalized spacial score (nSPS) is 24.2. The van der Waals surface area contributed by atoms with Crippen LogP contribution in [0.15, 0.2) is 0 Å². The van der Waals surface area contributed by atoms with Crippen molar-refractivity contribution >= 4 is 5.91 Å². The molecule has 0 bridgehead atoms. The number of hydroxylamine groups is 1. The Balaban J connectivity index is 1.86. The molecular formula is C12H18N2O3. The van der Waals surface area contributed by atoms with E-state index in [9.17, 15) is 10.1 Å². The molecule has 0 aromatic heterocycles. The smallest absolute Gasteiger partial charge is 0.264 e. The van der Waals surface area contributed by atoms with Gasteiger partial charge in [-0.15, -0.1) is 0 Å². The summed E-state index contributed by atoms with van der Waals surface area (Å²) < 4.78 is 5.18. The van der Waals surface area contributed by atoms with E-state index in [-0.39, 0.29) is 12.0 Å². The molecule has 2 aliphatic rings. The van der Waals surface area contributed by atoms with Gasteiger partial charge in [0.1, 0.15) is 5.41 Å². The molecule has 5 heteroatoms. The average Bonchev–Trinajstić information content (AvgIpc) is 2.90. The van der Waals surface area contributed by atoms with Crippen molar-refractivity contribution in [2.24, 2.45) is 5.41 Å². The minimum Gasteiger partial charge on any atom is -0.381 e. The van der Waals surface area contributed by atoms with Crippen molar-refractivity contribution in [1.29, 1.82) is 5.26 Å². The summed E-state index contributed by atoms with van der Waals surface area (Å²) in [5.74, 6) is -0.310. The number of ether oxygens (including phenoxy) is 1. The molecule has 1 saturated carbocycles. The zero-order valence-corrected chi connectivity index (χ0v) is 9.91. The van der Waals surface area contributed by atoms with Gasteiger partial charge in [-0.3, -0.25) is 9.63 Å². The monoisotopic (exact) mass is 238 g/mol. The number of carbonyl (C=O) groups excluding carboxylic acids is 1. The highest BCUT2D eigenvalue weighted by Crippen LogP contribution is 2.30. The molecule has 0 radical (unpaired) electrons. The molecule has 1 heterocycles. The highest BCUT2D eigenvalue weighted by atomic mass is 16.7. The Labute approximate surface area is 101 Å². The largest absolute Gasteiger partial charge is 0.381 e. The van der Waals surface area contributed by atoms with Crippen molar-refractivity contribution in [3.8, 4) is 6.07 Å². The van der Waals surface area contributed by atoms with E-state index in [0.717, 1.165) is 25.7 Å². The second-order valence-electron chi connectivity index (χ2n) is 4.76. The second-order valence-corrected chi connectivity index (χ2v) is 4.76. The lowest BCUT2D eigenvalue weighted by Gasteiger charge is -2.29. The molecule has 5 nitrogen and oxygen atoms in total. The Kier molecular flexibility index (Phi) is 3.97. The van der Waals surface area contributed by atoms with Gasteiger partial charge in [0.05, 0.1) is 12.2 Å². The van der Waals surface area contributed by atoms with Crippen molar-refractivity contribution < 1.29 is 14.4 Å². The summed E-state index contributed by atoms with van der Waals surface area (Å²) in [5, 5.41) is 9.18. The van der Waals surface area contributed by atoms with Gasteiger partial charge in [-0.05, 0) is 25.7 Å². The Morgan fingerprint density at radius 1 is 1.35 bits per heavy atom. The number of hydrogen-bond acceptors (Lipinski definition) is 4. The highest BCUT2D eigenvalue weighted by Gasteiger charge is 2.41. The van der Waals surface area contributed by atoms with Gasteiger partial charge in [-0.2, -0.15) is 5.26 Å². The summed E-state index contributed by atoms with van der Waals surface area (Å²) in [6, 6.07) is 2.12. The number of amides is 1. The van der Waals surface area contributed by atoms with E-state index >= 15 is 0 Å². The predicted octanol–water partition coefficient (Wildman–Crippen LogP) is 1.30. The van der Waals surface area contributed by atoms with E-state index in [4.69, 9.17) is 9.57 Å². The number of nitriles is 1. The zero-order valence-electron chi connectivity index (χ0n) is 9.91. The lowest BCUT2D eigenvalue weighted by molar-refractivity contribution is -0.150. The summed E-state index contributed by atoms with van der Waals surface area (Å²) in [4.78, 5) is 17.3. The van der Waals surface area contributed by atoms with Crippen molar-refractivity contribution in [2.45, 2.75) is 44.6 Å². The van der Waals surface area contributed by atoms with Crippen LogP contribution in [0.4, 0.5) is 0 Å². The fourth-order valence-corrected chi connectivity index (χ4v) is 2.35. The maximum Gasteiger partial charge on any atom is 0.264 e. The third-order valence-corrected chi connectivity index (χ3v) is 3.62. The maximum atomic E-state index is 12.0. The molecule has 1 aliphatic carbocycles. The summed E-state index contributed by atoms with van der Waals surface area (Å²) in [6.45, 7) is 0.925. The quantitative estimate of drug-likeness (QED) is 0.752. The highest BCUT2D eigenvalue weighted by molar-refractivity contribution is 5.84. The van der Waals surface area contributed by atoms with Gasteiger partial charge in [0.15, 0.2) is 0 Å². The second kappa shape index (κ2) is 5.48. The Morgan fingerprint density at radius 3 is 2.59 bits per heavy atom. The van der Waals surface area contributed by atoms with E-state index in [1.165, 1.54) is 0 Å². The van der Waals surface area contributed by atoms with Gasteiger partial charge in [-0.25, -0.2) is 5.48 Å².